The molecule has 0 atom stereocenters. The first-order chi connectivity index (χ1) is 12.2. The predicted molar refractivity (Wildman–Crippen MR) is 111 cm³/mol. The molecule has 0 amide bonds. The molecule has 25 heavy (non-hydrogen) atoms. The lowest BCUT2D eigenvalue weighted by molar-refractivity contribution is 1.57. The van der Waals surface area contributed by atoms with E-state index in [1.54, 1.807) is 6.08 Å². The average Bonchev–Trinajstić information content (AvgIpc) is 2.66. The molecule has 0 saturated carbocycles. The highest BCUT2D eigenvalue weighted by Crippen LogP contribution is 2.31. The Bertz CT molecular complexity index is 916. The maximum Gasteiger partial charge on any atom is 0.0418 e. The number of allylic oxidation sites excluding steroid dienone is 4. The van der Waals surface area contributed by atoms with E-state index in [4.69, 9.17) is 11.6 Å². The van der Waals surface area contributed by atoms with Crippen LogP contribution in [0.5, 0.6) is 0 Å². The Morgan fingerprint density at radius 2 is 1.32 bits per heavy atom. The van der Waals surface area contributed by atoms with Gasteiger partial charge in [-0.05, 0) is 51.6 Å². The van der Waals surface area contributed by atoms with Gasteiger partial charge in [0.15, 0.2) is 0 Å². The molecule has 0 heterocycles. The second-order valence-electron chi connectivity index (χ2n) is 5.73. The fraction of sp³-hybridized carbons (Fsp3) is 0. The van der Waals surface area contributed by atoms with Crippen molar-refractivity contribution in [2.24, 2.45) is 0 Å². The molecule has 3 aromatic carbocycles. The summed E-state index contributed by atoms with van der Waals surface area (Å²) in [5.41, 5.74) is 6.68. The van der Waals surface area contributed by atoms with Gasteiger partial charge in [0.2, 0.25) is 0 Å². The van der Waals surface area contributed by atoms with E-state index >= 15 is 0 Å². The van der Waals surface area contributed by atoms with Crippen LogP contribution in [0.2, 0.25) is 5.02 Å². The summed E-state index contributed by atoms with van der Waals surface area (Å²) in [7, 11) is 0. The molecule has 0 N–H and O–H groups in total. The van der Waals surface area contributed by atoms with Gasteiger partial charge in [0.25, 0.3) is 0 Å². The van der Waals surface area contributed by atoms with E-state index in [9.17, 15) is 0 Å². The number of halogens is 1. The van der Waals surface area contributed by atoms with Crippen LogP contribution < -0.4 is 0 Å². The molecule has 3 aromatic rings. The van der Waals surface area contributed by atoms with Crippen LogP contribution >= 0.6 is 11.6 Å². The summed E-state index contributed by atoms with van der Waals surface area (Å²) in [5.74, 6) is 0. The van der Waals surface area contributed by atoms with Crippen LogP contribution in [0.25, 0.3) is 27.8 Å². The largest absolute Gasteiger partial charge is 0.0990 e. The van der Waals surface area contributed by atoms with Gasteiger partial charge in [0, 0.05) is 5.02 Å². The van der Waals surface area contributed by atoms with Gasteiger partial charge in [-0.3, -0.25) is 0 Å². The van der Waals surface area contributed by atoms with Crippen LogP contribution in [0.15, 0.2) is 104 Å². The van der Waals surface area contributed by atoms with Gasteiger partial charge in [0.05, 0.1) is 0 Å². The van der Waals surface area contributed by atoms with Gasteiger partial charge >= 0.3 is 0 Å². The molecule has 3 rings (SSSR count). The van der Waals surface area contributed by atoms with Gasteiger partial charge in [-0.2, -0.15) is 0 Å². The quantitative estimate of drug-likeness (QED) is 0.423. The van der Waals surface area contributed by atoms with Crippen molar-refractivity contribution >= 4 is 17.2 Å². The summed E-state index contributed by atoms with van der Waals surface area (Å²) in [4.78, 5) is 0. The lowest BCUT2D eigenvalue weighted by Gasteiger charge is -2.09. The normalized spacial score (nSPS) is 11.2. The molecule has 122 valence electrons. The summed E-state index contributed by atoms with van der Waals surface area (Å²) in [6.45, 7) is 7.61. The Morgan fingerprint density at radius 3 is 1.88 bits per heavy atom. The number of rotatable bonds is 5. The average molecular weight is 343 g/mol. The van der Waals surface area contributed by atoms with E-state index in [2.05, 4.69) is 55.6 Å². The molecule has 0 aliphatic heterocycles. The molecule has 0 radical (unpaired) electrons. The molecule has 0 unspecified atom stereocenters. The highest BCUT2D eigenvalue weighted by molar-refractivity contribution is 6.31. The van der Waals surface area contributed by atoms with E-state index in [0.29, 0.717) is 0 Å². The standard InChI is InChI=1S/C24H19Cl/c1-3-8-18(4-2)20-11-13-21(14-12-20)23-15-22(16-24(25)17-23)19-9-6-5-7-10-19/h3-17H,1-2H2/b18-8+. The number of hydrogen-bond donors (Lipinski definition) is 0. The first-order valence-electron chi connectivity index (χ1n) is 8.13. The highest BCUT2D eigenvalue weighted by atomic mass is 35.5. The molecular formula is C24H19Cl. The second kappa shape index (κ2) is 7.83. The summed E-state index contributed by atoms with van der Waals surface area (Å²) in [6, 6.07) is 24.8. The van der Waals surface area contributed by atoms with Crippen molar-refractivity contribution in [2.75, 3.05) is 0 Å². The lowest BCUT2D eigenvalue weighted by Crippen LogP contribution is -1.85. The predicted octanol–water partition coefficient (Wildman–Crippen LogP) is 7.43. The Balaban J connectivity index is 2.00. The smallest absolute Gasteiger partial charge is 0.0418 e. The summed E-state index contributed by atoms with van der Waals surface area (Å²) < 4.78 is 0. The summed E-state index contributed by atoms with van der Waals surface area (Å²) in [6.07, 6.45) is 5.56. The van der Waals surface area contributed by atoms with Gasteiger partial charge in [-0.25, -0.2) is 0 Å². The summed E-state index contributed by atoms with van der Waals surface area (Å²) in [5, 5.41) is 0.735. The maximum atomic E-state index is 6.36. The van der Waals surface area contributed by atoms with Crippen LogP contribution in [0.4, 0.5) is 0 Å². The number of benzene rings is 3. The van der Waals surface area contributed by atoms with Crippen LogP contribution in [0.3, 0.4) is 0 Å². The van der Waals surface area contributed by atoms with Gasteiger partial charge < -0.3 is 0 Å². The van der Waals surface area contributed by atoms with Crippen LogP contribution in [0.1, 0.15) is 5.56 Å². The molecule has 1 heteroatoms. The molecule has 0 fully saturated rings. The minimum Gasteiger partial charge on any atom is -0.0990 e. The third-order valence-electron chi connectivity index (χ3n) is 4.07. The van der Waals surface area contributed by atoms with Crippen molar-refractivity contribution in [3.63, 3.8) is 0 Å². The number of hydrogen-bond acceptors (Lipinski definition) is 0. The second-order valence-corrected chi connectivity index (χ2v) is 6.17. The van der Waals surface area contributed by atoms with Crippen molar-refractivity contribution in [1.29, 1.82) is 0 Å². The molecule has 0 aliphatic rings. The molecule has 0 aliphatic carbocycles. The molecule has 0 saturated heterocycles. The zero-order chi connectivity index (χ0) is 17.6. The fourth-order valence-electron chi connectivity index (χ4n) is 2.82. The van der Waals surface area contributed by atoms with Crippen molar-refractivity contribution in [1.82, 2.24) is 0 Å². The molecule has 0 nitrogen and oxygen atoms in total. The van der Waals surface area contributed by atoms with Crippen LogP contribution in [0, 0.1) is 0 Å². The fourth-order valence-corrected chi connectivity index (χ4v) is 3.05. The molecule has 0 aromatic heterocycles. The van der Waals surface area contributed by atoms with Crippen LogP contribution in [-0.4, -0.2) is 0 Å². The Hall–Kier alpha value is -2.83. The SMILES string of the molecule is C=C/C=C(\C=C)c1ccc(-c2cc(Cl)cc(-c3ccccc3)c2)cc1. The van der Waals surface area contributed by atoms with E-state index in [1.807, 2.05) is 42.5 Å². The van der Waals surface area contributed by atoms with Gasteiger partial charge in [-0.15, -0.1) is 0 Å². The Labute approximate surface area is 154 Å². The topological polar surface area (TPSA) is 0 Å². The molecule has 0 spiro atoms. The van der Waals surface area contributed by atoms with E-state index in [0.717, 1.165) is 38.4 Å². The zero-order valence-corrected chi connectivity index (χ0v) is 14.7. The Kier molecular flexibility index (Phi) is 5.33. The zero-order valence-electron chi connectivity index (χ0n) is 14.0. The molecule has 0 bridgehead atoms. The highest BCUT2D eigenvalue weighted by Gasteiger charge is 2.05. The monoisotopic (exact) mass is 342 g/mol. The third-order valence-corrected chi connectivity index (χ3v) is 4.29. The minimum absolute atomic E-state index is 0.735. The minimum atomic E-state index is 0.735. The van der Waals surface area contributed by atoms with Gasteiger partial charge in [-0.1, -0.05) is 97.6 Å². The van der Waals surface area contributed by atoms with Crippen molar-refractivity contribution in [3.05, 3.63) is 115 Å². The van der Waals surface area contributed by atoms with Crippen molar-refractivity contribution < 1.29 is 0 Å². The third kappa shape index (κ3) is 3.99. The summed E-state index contributed by atoms with van der Waals surface area (Å²) >= 11 is 6.36. The first kappa shape index (κ1) is 17.0. The van der Waals surface area contributed by atoms with Gasteiger partial charge in [0.1, 0.15) is 0 Å². The maximum absolute atomic E-state index is 6.36. The molecular weight excluding hydrogens is 324 g/mol. The lowest BCUT2D eigenvalue weighted by atomic mass is 9.97. The van der Waals surface area contributed by atoms with E-state index in [-0.39, 0.29) is 0 Å². The van der Waals surface area contributed by atoms with Crippen LogP contribution in [-0.2, 0) is 0 Å². The van der Waals surface area contributed by atoms with E-state index in [1.165, 1.54) is 0 Å². The van der Waals surface area contributed by atoms with Crippen molar-refractivity contribution in [2.45, 2.75) is 0 Å². The van der Waals surface area contributed by atoms with E-state index < -0.39 is 0 Å². The first-order valence-corrected chi connectivity index (χ1v) is 8.51. The Morgan fingerprint density at radius 1 is 0.720 bits per heavy atom. The van der Waals surface area contributed by atoms with Crippen molar-refractivity contribution in [3.8, 4) is 22.3 Å².